The molecule has 2 N–H and O–H groups in total. The Hall–Kier alpha value is -1.91. The molecule has 0 amide bonds. The first-order valence-electron chi connectivity index (χ1n) is 3.41. The highest BCUT2D eigenvalue weighted by molar-refractivity contribution is 5.63. The molecule has 0 aliphatic carbocycles. The lowest BCUT2D eigenvalue weighted by atomic mass is 10.3. The zero-order valence-electron chi connectivity index (χ0n) is 6.85. The van der Waals surface area contributed by atoms with E-state index in [2.05, 4.69) is 4.74 Å². The summed E-state index contributed by atoms with van der Waals surface area (Å²) in [6, 6.07) is 4.05. The summed E-state index contributed by atoms with van der Waals surface area (Å²) in [5.74, 6) is 0.0327. The van der Waals surface area contributed by atoms with Gasteiger partial charge in [-0.2, -0.15) is 0 Å². The van der Waals surface area contributed by atoms with Crippen LogP contribution in [0.2, 0.25) is 0 Å². The summed E-state index contributed by atoms with van der Waals surface area (Å²) in [5, 5.41) is 17.5. The van der Waals surface area contributed by atoms with Gasteiger partial charge in [0, 0.05) is 6.07 Å². The van der Waals surface area contributed by atoms with Crippen molar-refractivity contribution < 1.29 is 24.5 Å². The predicted octanol–water partition coefficient (Wildman–Crippen LogP) is 1.46. The van der Waals surface area contributed by atoms with Crippen LogP contribution < -0.4 is 9.47 Å². The fourth-order valence-electron chi connectivity index (χ4n) is 0.805. The Morgan fingerprint density at radius 3 is 2.62 bits per heavy atom. The highest BCUT2D eigenvalue weighted by Gasteiger charge is 2.07. The number of phenols is 1. The van der Waals surface area contributed by atoms with Crippen LogP contribution in [0.15, 0.2) is 18.2 Å². The van der Waals surface area contributed by atoms with Crippen molar-refractivity contribution in [1.82, 2.24) is 0 Å². The van der Waals surface area contributed by atoms with Crippen LogP contribution in [0, 0.1) is 0 Å². The molecular weight excluding hydrogens is 176 g/mol. The minimum Gasteiger partial charge on any atom is -0.504 e. The van der Waals surface area contributed by atoms with E-state index in [9.17, 15) is 9.90 Å². The minimum atomic E-state index is -1.47. The molecule has 0 unspecified atom stereocenters. The number of phenolic OH excluding ortho intramolecular Hbond substituents is 1. The van der Waals surface area contributed by atoms with Gasteiger partial charge in [-0.3, -0.25) is 0 Å². The molecule has 0 atom stereocenters. The Morgan fingerprint density at radius 1 is 1.46 bits per heavy atom. The number of rotatable bonds is 2. The zero-order chi connectivity index (χ0) is 9.84. The third-order valence-electron chi connectivity index (χ3n) is 1.36. The number of hydrogen-bond donors (Lipinski definition) is 2. The molecule has 1 rings (SSSR count). The molecule has 1 aromatic carbocycles. The van der Waals surface area contributed by atoms with Crippen LogP contribution in [0.5, 0.6) is 17.2 Å². The monoisotopic (exact) mass is 184 g/mol. The maximum Gasteiger partial charge on any atom is 0.511 e. The molecule has 0 bridgehead atoms. The van der Waals surface area contributed by atoms with E-state index in [0.29, 0.717) is 5.75 Å². The maximum absolute atomic E-state index is 10.1. The Morgan fingerprint density at radius 2 is 2.15 bits per heavy atom. The van der Waals surface area contributed by atoms with Crippen LogP contribution in [0.3, 0.4) is 0 Å². The van der Waals surface area contributed by atoms with Crippen molar-refractivity contribution in [2.75, 3.05) is 7.11 Å². The first kappa shape index (κ1) is 9.18. The summed E-state index contributed by atoms with van der Waals surface area (Å²) < 4.78 is 9.05. The van der Waals surface area contributed by atoms with Crippen molar-refractivity contribution in [3.05, 3.63) is 18.2 Å². The maximum atomic E-state index is 10.1. The van der Waals surface area contributed by atoms with Gasteiger partial charge in [-0.25, -0.2) is 4.79 Å². The van der Waals surface area contributed by atoms with Gasteiger partial charge >= 0.3 is 6.16 Å². The average molecular weight is 184 g/mol. The second-order valence-electron chi connectivity index (χ2n) is 2.20. The van der Waals surface area contributed by atoms with Gasteiger partial charge in [-0.05, 0) is 12.1 Å². The number of benzene rings is 1. The number of methoxy groups -OCH3 is 1. The van der Waals surface area contributed by atoms with Gasteiger partial charge in [-0.15, -0.1) is 0 Å². The first-order valence-corrected chi connectivity index (χ1v) is 3.41. The summed E-state index contributed by atoms with van der Waals surface area (Å²) in [5.41, 5.74) is 0. The fraction of sp³-hybridized carbons (Fsp3) is 0.125. The molecule has 0 spiro atoms. The lowest BCUT2D eigenvalue weighted by Crippen LogP contribution is -2.02. The normalized spacial score (nSPS) is 9.31. The Kier molecular flexibility index (Phi) is 2.59. The van der Waals surface area contributed by atoms with E-state index < -0.39 is 6.16 Å². The SMILES string of the molecule is COc1ccc(OC(=O)O)c(O)c1. The fourth-order valence-corrected chi connectivity index (χ4v) is 0.805. The number of aromatic hydroxyl groups is 1. The third-order valence-corrected chi connectivity index (χ3v) is 1.36. The Balaban J connectivity index is 2.91. The van der Waals surface area contributed by atoms with E-state index in [1.807, 2.05) is 0 Å². The third kappa shape index (κ3) is 2.26. The summed E-state index contributed by atoms with van der Waals surface area (Å²) in [4.78, 5) is 10.1. The van der Waals surface area contributed by atoms with E-state index in [1.54, 1.807) is 0 Å². The second kappa shape index (κ2) is 3.66. The molecule has 0 radical (unpaired) electrons. The van der Waals surface area contributed by atoms with Crippen molar-refractivity contribution >= 4 is 6.16 Å². The first-order chi connectivity index (χ1) is 6.13. The van der Waals surface area contributed by atoms with Crippen LogP contribution in [0.1, 0.15) is 0 Å². The highest BCUT2D eigenvalue weighted by atomic mass is 16.7. The molecule has 1 aromatic rings. The molecule has 0 aromatic heterocycles. The van der Waals surface area contributed by atoms with E-state index in [1.165, 1.54) is 25.3 Å². The molecule has 0 aliphatic heterocycles. The van der Waals surface area contributed by atoms with Crippen LogP contribution in [0.25, 0.3) is 0 Å². The van der Waals surface area contributed by atoms with Crippen molar-refractivity contribution in [2.45, 2.75) is 0 Å². The summed E-state index contributed by atoms with van der Waals surface area (Å²) in [6.45, 7) is 0. The Labute approximate surface area is 74.1 Å². The van der Waals surface area contributed by atoms with Crippen LogP contribution in [-0.4, -0.2) is 23.5 Å². The molecular formula is C8H8O5. The van der Waals surface area contributed by atoms with Crippen molar-refractivity contribution in [1.29, 1.82) is 0 Å². The molecule has 0 saturated heterocycles. The summed E-state index contributed by atoms with van der Waals surface area (Å²) >= 11 is 0. The van der Waals surface area contributed by atoms with E-state index in [0.717, 1.165) is 0 Å². The van der Waals surface area contributed by atoms with Gasteiger partial charge in [-0.1, -0.05) is 0 Å². The Bertz CT molecular complexity index is 320. The quantitative estimate of drug-likeness (QED) is 0.537. The molecule has 13 heavy (non-hydrogen) atoms. The number of hydrogen-bond acceptors (Lipinski definition) is 4. The zero-order valence-corrected chi connectivity index (χ0v) is 6.85. The predicted molar refractivity (Wildman–Crippen MR) is 43.3 cm³/mol. The lowest BCUT2D eigenvalue weighted by Gasteiger charge is -2.04. The number of carboxylic acid groups (broad SMARTS) is 1. The molecule has 0 aliphatic rings. The van der Waals surface area contributed by atoms with E-state index in [4.69, 9.17) is 9.84 Å². The standard InChI is InChI=1S/C8H8O5/c1-12-5-2-3-7(6(9)4-5)13-8(10)11/h2-4,9H,1H3,(H,10,11). The number of carbonyl (C=O) groups is 1. The van der Waals surface area contributed by atoms with Crippen molar-refractivity contribution in [3.8, 4) is 17.2 Å². The second-order valence-corrected chi connectivity index (χ2v) is 2.20. The van der Waals surface area contributed by atoms with Gasteiger partial charge in [0.15, 0.2) is 11.5 Å². The molecule has 0 fully saturated rings. The lowest BCUT2D eigenvalue weighted by molar-refractivity contribution is 0.143. The molecule has 5 nitrogen and oxygen atoms in total. The highest BCUT2D eigenvalue weighted by Crippen LogP contribution is 2.29. The van der Waals surface area contributed by atoms with Gasteiger partial charge < -0.3 is 19.7 Å². The largest absolute Gasteiger partial charge is 0.511 e. The average Bonchev–Trinajstić information content (AvgIpc) is 2.08. The minimum absolute atomic E-state index is 0.117. The molecule has 70 valence electrons. The molecule has 0 heterocycles. The van der Waals surface area contributed by atoms with Crippen LogP contribution in [-0.2, 0) is 0 Å². The smallest absolute Gasteiger partial charge is 0.504 e. The van der Waals surface area contributed by atoms with Gasteiger partial charge in [0.25, 0.3) is 0 Å². The summed E-state index contributed by atoms with van der Waals surface area (Å²) in [6.07, 6.45) is -1.47. The van der Waals surface area contributed by atoms with Gasteiger partial charge in [0.1, 0.15) is 5.75 Å². The number of ether oxygens (including phenoxy) is 2. The van der Waals surface area contributed by atoms with Crippen molar-refractivity contribution in [2.24, 2.45) is 0 Å². The van der Waals surface area contributed by atoms with Crippen LogP contribution >= 0.6 is 0 Å². The van der Waals surface area contributed by atoms with Gasteiger partial charge in [0.05, 0.1) is 7.11 Å². The van der Waals surface area contributed by atoms with Crippen molar-refractivity contribution in [3.63, 3.8) is 0 Å². The van der Waals surface area contributed by atoms with E-state index in [-0.39, 0.29) is 11.5 Å². The topological polar surface area (TPSA) is 76.0 Å². The van der Waals surface area contributed by atoms with Crippen LogP contribution in [0.4, 0.5) is 4.79 Å². The van der Waals surface area contributed by atoms with Gasteiger partial charge in [0.2, 0.25) is 0 Å². The molecule has 5 heteroatoms. The molecule has 0 saturated carbocycles. The van der Waals surface area contributed by atoms with E-state index >= 15 is 0 Å². The summed E-state index contributed by atoms with van der Waals surface area (Å²) in [7, 11) is 1.44.